The van der Waals surface area contributed by atoms with Gasteiger partial charge in [0.25, 0.3) is 23.2 Å². The van der Waals surface area contributed by atoms with E-state index in [1.807, 2.05) is 5.32 Å². The van der Waals surface area contributed by atoms with Crippen molar-refractivity contribution in [3.63, 3.8) is 0 Å². The number of anilines is 1. The van der Waals surface area contributed by atoms with Crippen LogP contribution in [0.5, 0.6) is 0 Å². The summed E-state index contributed by atoms with van der Waals surface area (Å²) < 4.78 is 14.4. The van der Waals surface area contributed by atoms with Gasteiger partial charge < -0.3 is 10.2 Å². The molecule has 2 aliphatic heterocycles. The van der Waals surface area contributed by atoms with Crippen LogP contribution in [-0.2, 0) is 21.7 Å². The second-order valence-corrected chi connectivity index (χ2v) is 7.51. The molecule has 2 aromatic rings. The largest absolute Gasteiger partial charge is 0.323 e. The minimum atomic E-state index is -2.27. The zero-order valence-corrected chi connectivity index (χ0v) is 16.6. The van der Waals surface area contributed by atoms with Crippen molar-refractivity contribution in [1.82, 2.24) is 10.6 Å². The number of nitro benzene ring substituents is 2. The Morgan fingerprint density at radius 1 is 1.10 bits per heavy atom. The van der Waals surface area contributed by atoms with Gasteiger partial charge in [0.05, 0.1) is 26.6 Å². The number of halogens is 2. The van der Waals surface area contributed by atoms with Crippen molar-refractivity contribution >= 4 is 50.8 Å². The lowest BCUT2D eigenvalue weighted by Gasteiger charge is -2.21. The number of fused-ring (bicyclic) bond motifs is 2. The molecule has 2 N–H and O–H groups in total. The number of non-ortho nitro benzene ring substituents is 1. The lowest BCUT2D eigenvalue weighted by molar-refractivity contribution is -0.385. The van der Waals surface area contributed by atoms with E-state index in [4.69, 9.17) is 0 Å². The highest BCUT2D eigenvalue weighted by Gasteiger charge is 2.61. The highest BCUT2D eigenvalue weighted by atomic mass is 79.9. The first-order chi connectivity index (χ1) is 14.6. The molecule has 1 fully saturated rings. The Kier molecular flexibility index (Phi) is 4.46. The zero-order chi connectivity index (χ0) is 22.7. The van der Waals surface area contributed by atoms with Crippen LogP contribution in [-0.4, -0.2) is 27.7 Å². The van der Waals surface area contributed by atoms with Crippen molar-refractivity contribution in [2.45, 2.75) is 12.1 Å². The number of nitrogens with one attached hydrogen (secondary N) is 2. The summed E-state index contributed by atoms with van der Waals surface area (Å²) in [5.41, 5.74) is -3.55. The van der Waals surface area contributed by atoms with Gasteiger partial charge in [-0.3, -0.25) is 35.1 Å². The normalized spacial score (nSPS) is 19.4. The van der Waals surface area contributed by atoms with Crippen LogP contribution in [0.15, 0.2) is 34.8 Å². The van der Waals surface area contributed by atoms with Crippen molar-refractivity contribution in [3.8, 4) is 0 Å². The third-order valence-corrected chi connectivity index (χ3v) is 5.60. The van der Waals surface area contributed by atoms with Gasteiger partial charge in [0.1, 0.15) is 5.82 Å². The van der Waals surface area contributed by atoms with Crippen LogP contribution in [0.4, 0.5) is 26.2 Å². The fraction of sp³-hybridized carbons (Fsp3) is 0.118. The molecular weight excluding hydrogens is 485 g/mol. The molecule has 31 heavy (non-hydrogen) atoms. The second-order valence-electron chi connectivity index (χ2n) is 6.66. The third kappa shape index (κ3) is 2.91. The first-order valence-electron chi connectivity index (χ1n) is 8.43. The SMILES string of the molecule is O=C1NC(=O)C2(N1)C(=O)N(Cc1cc([N+](=O)[O-])c(Br)cc1F)c1ccc([N+](=O)[O-])cc12. The van der Waals surface area contributed by atoms with Gasteiger partial charge in [-0.25, -0.2) is 9.18 Å². The second kappa shape index (κ2) is 6.80. The van der Waals surface area contributed by atoms with Crippen LogP contribution in [0, 0.1) is 26.0 Å². The molecule has 1 saturated heterocycles. The average molecular weight is 494 g/mol. The lowest BCUT2D eigenvalue weighted by atomic mass is 9.91. The minimum Gasteiger partial charge on any atom is -0.312 e. The summed E-state index contributed by atoms with van der Waals surface area (Å²) in [6, 6.07) is 4.04. The summed E-state index contributed by atoms with van der Waals surface area (Å²) in [5.74, 6) is -2.90. The van der Waals surface area contributed by atoms with E-state index in [0.29, 0.717) is 0 Å². The van der Waals surface area contributed by atoms with Crippen molar-refractivity contribution in [3.05, 3.63) is 72.0 Å². The van der Waals surface area contributed by atoms with E-state index < -0.39 is 57.0 Å². The molecule has 158 valence electrons. The molecule has 14 heteroatoms. The summed E-state index contributed by atoms with van der Waals surface area (Å²) in [5, 5.41) is 26.5. The van der Waals surface area contributed by atoms with Crippen molar-refractivity contribution in [2.75, 3.05) is 4.90 Å². The quantitative estimate of drug-likeness (QED) is 0.284. The molecule has 1 atom stereocenters. The molecule has 0 aromatic heterocycles. The Bertz CT molecular complexity index is 1240. The number of hydrogen-bond donors (Lipinski definition) is 2. The minimum absolute atomic E-state index is 0.0120. The molecule has 2 aliphatic rings. The summed E-state index contributed by atoms with van der Waals surface area (Å²) in [6.45, 7) is -0.533. The predicted octanol–water partition coefficient (Wildman–Crippen LogP) is 1.99. The van der Waals surface area contributed by atoms with Crippen LogP contribution < -0.4 is 15.5 Å². The number of hydrogen-bond acceptors (Lipinski definition) is 7. The van der Waals surface area contributed by atoms with Crippen molar-refractivity contribution < 1.29 is 28.6 Å². The van der Waals surface area contributed by atoms with Gasteiger partial charge in [-0.1, -0.05) is 0 Å². The first kappa shape index (κ1) is 20.3. The number of urea groups is 1. The topological polar surface area (TPSA) is 165 Å². The summed E-state index contributed by atoms with van der Waals surface area (Å²) in [6.07, 6.45) is 0. The highest BCUT2D eigenvalue weighted by Crippen LogP contribution is 2.44. The zero-order valence-electron chi connectivity index (χ0n) is 15.0. The number of nitro groups is 2. The Labute approximate surface area is 179 Å². The van der Waals surface area contributed by atoms with Crippen molar-refractivity contribution in [1.29, 1.82) is 0 Å². The maximum absolute atomic E-state index is 14.5. The summed E-state index contributed by atoms with van der Waals surface area (Å²) in [4.78, 5) is 59.4. The van der Waals surface area contributed by atoms with E-state index >= 15 is 0 Å². The summed E-state index contributed by atoms with van der Waals surface area (Å²) >= 11 is 2.89. The molecule has 2 heterocycles. The van der Waals surface area contributed by atoms with Gasteiger partial charge in [0.15, 0.2) is 0 Å². The Morgan fingerprint density at radius 3 is 2.39 bits per heavy atom. The number of carbonyl (C=O) groups is 3. The maximum Gasteiger partial charge on any atom is 0.323 e. The molecule has 4 amide bonds. The average Bonchev–Trinajstić information content (AvgIpc) is 3.12. The monoisotopic (exact) mass is 493 g/mol. The van der Waals surface area contributed by atoms with E-state index in [9.17, 15) is 39.0 Å². The molecule has 1 unspecified atom stereocenters. The predicted molar refractivity (Wildman–Crippen MR) is 103 cm³/mol. The van der Waals surface area contributed by atoms with E-state index in [1.54, 1.807) is 0 Å². The summed E-state index contributed by atoms with van der Waals surface area (Å²) in [7, 11) is 0. The molecule has 0 radical (unpaired) electrons. The van der Waals surface area contributed by atoms with Crippen LogP contribution in [0.3, 0.4) is 0 Å². The standard InChI is InChI=1S/C17H9BrFN5O7/c18-10-5-11(19)7(3-13(10)24(30)31)6-22-12-2-1-8(23(28)29)4-9(12)17(15(22)26)14(25)20-16(27)21-17/h1-5H,6H2,(H2,20,21,25,27). The first-order valence-corrected chi connectivity index (χ1v) is 9.22. The van der Waals surface area contributed by atoms with Gasteiger partial charge in [0.2, 0.25) is 5.54 Å². The number of carbonyl (C=O) groups excluding carboxylic acids is 3. The van der Waals surface area contributed by atoms with Crippen molar-refractivity contribution in [2.24, 2.45) is 0 Å². The van der Waals surface area contributed by atoms with Gasteiger partial charge in [-0.05, 0) is 28.1 Å². The molecule has 1 spiro atoms. The van der Waals surface area contributed by atoms with Crippen LogP contribution in [0.1, 0.15) is 11.1 Å². The Balaban J connectivity index is 1.86. The van der Waals surface area contributed by atoms with Gasteiger partial charge in [-0.15, -0.1) is 0 Å². The fourth-order valence-electron chi connectivity index (χ4n) is 3.56. The van der Waals surface area contributed by atoms with Crippen LogP contribution in [0.2, 0.25) is 0 Å². The van der Waals surface area contributed by atoms with Gasteiger partial charge in [-0.2, -0.15) is 0 Å². The number of amides is 4. The van der Waals surface area contributed by atoms with E-state index in [0.717, 1.165) is 29.2 Å². The lowest BCUT2D eigenvalue weighted by Crippen LogP contribution is -2.52. The van der Waals surface area contributed by atoms with Crippen LogP contribution in [0.25, 0.3) is 0 Å². The molecular formula is C17H9BrFN5O7. The van der Waals surface area contributed by atoms with Crippen LogP contribution >= 0.6 is 15.9 Å². The van der Waals surface area contributed by atoms with E-state index in [2.05, 4.69) is 21.2 Å². The number of benzene rings is 2. The molecule has 12 nitrogen and oxygen atoms in total. The third-order valence-electron chi connectivity index (χ3n) is 4.96. The van der Waals surface area contributed by atoms with Gasteiger partial charge in [0, 0.05) is 29.3 Å². The molecule has 0 bridgehead atoms. The molecule has 0 saturated carbocycles. The molecule has 2 aromatic carbocycles. The van der Waals surface area contributed by atoms with E-state index in [-0.39, 0.29) is 21.3 Å². The molecule has 0 aliphatic carbocycles. The number of imide groups is 1. The van der Waals surface area contributed by atoms with E-state index in [1.165, 1.54) is 6.07 Å². The number of rotatable bonds is 4. The number of nitrogens with zero attached hydrogens (tertiary/aromatic N) is 3. The van der Waals surface area contributed by atoms with Gasteiger partial charge >= 0.3 is 6.03 Å². The Hall–Kier alpha value is -3.94. The smallest absolute Gasteiger partial charge is 0.312 e. The highest BCUT2D eigenvalue weighted by molar-refractivity contribution is 9.10. The molecule has 4 rings (SSSR count). The Morgan fingerprint density at radius 2 is 1.81 bits per heavy atom. The maximum atomic E-state index is 14.5. The fourth-order valence-corrected chi connectivity index (χ4v) is 4.03.